The lowest BCUT2D eigenvalue weighted by Crippen LogP contribution is -2.34. The van der Waals surface area contributed by atoms with Gasteiger partial charge in [-0.25, -0.2) is 0 Å². The number of methoxy groups -OCH3 is 1. The number of hydrogen-bond donors (Lipinski definition) is 2. The molecule has 9 heteroatoms. The number of nitro benzene ring substituents is 1. The third-order valence-corrected chi connectivity index (χ3v) is 3.81. The molecule has 1 aliphatic rings. The molecule has 2 aromatic carbocycles. The molecule has 134 valence electrons. The molecule has 0 saturated carbocycles. The van der Waals surface area contributed by atoms with E-state index in [4.69, 9.17) is 9.47 Å². The van der Waals surface area contributed by atoms with E-state index in [1.54, 1.807) is 25.1 Å². The van der Waals surface area contributed by atoms with E-state index in [2.05, 4.69) is 10.6 Å². The van der Waals surface area contributed by atoms with Gasteiger partial charge in [0.05, 0.1) is 23.3 Å². The van der Waals surface area contributed by atoms with Crippen LogP contribution in [-0.4, -0.2) is 30.0 Å². The molecule has 0 spiro atoms. The topological polar surface area (TPSA) is 120 Å². The summed E-state index contributed by atoms with van der Waals surface area (Å²) in [5.74, 6) is -0.178. The molecule has 1 aliphatic heterocycles. The summed E-state index contributed by atoms with van der Waals surface area (Å²) in [6, 6.07) is 8.51. The average molecular weight is 357 g/mol. The monoisotopic (exact) mass is 357 g/mol. The first kappa shape index (κ1) is 17.2. The van der Waals surface area contributed by atoms with Crippen LogP contribution in [0, 0.1) is 10.1 Å². The van der Waals surface area contributed by atoms with Gasteiger partial charge in [-0.15, -0.1) is 0 Å². The second-order valence-corrected chi connectivity index (χ2v) is 5.56. The second-order valence-electron chi connectivity index (χ2n) is 5.56. The molecule has 1 heterocycles. The number of nitrogens with one attached hydrogen (secondary N) is 2. The van der Waals surface area contributed by atoms with Gasteiger partial charge in [0.2, 0.25) is 0 Å². The Labute approximate surface area is 148 Å². The first-order valence-electron chi connectivity index (χ1n) is 7.64. The van der Waals surface area contributed by atoms with Gasteiger partial charge in [-0.3, -0.25) is 19.7 Å². The number of rotatable bonds is 4. The van der Waals surface area contributed by atoms with Gasteiger partial charge >= 0.3 is 0 Å². The van der Waals surface area contributed by atoms with Crippen molar-refractivity contribution in [3.63, 3.8) is 0 Å². The molecule has 1 atom stereocenters. The number of hydrogen-bond acceptors (Lipinski definition) is 6. The number of benzene rings is 2. The molecule has 0 bridgehead atoms. The number of fused-ring (bicyclic) bond motifs is 1. The molecule has 0 saturated heterocycles. The zero-order valence-corrected chi connectivity index (χ0v) is 13.9. The van der Waals surface area contributed by atoms with Gasteiger partial charge < -0.3 is 20.1 Å². The van der Waals surface area contributed by atoms with Crippen LogP contribution in [-0.2, 0) is 4.79 Å². The van der Waals surface area contributed by atoms with Crippen molar-refractivity contribution < 1.29 is 24.0 Å². The molecule has 0 radical (unpaired) electrons. The smallest absolute Gasteiger partial charge is 0.270 e. The van der Waals surface area contributed by atoms with Gasteiger partial charge in [-0.2, -0.15) is 0 Å². The van der Waals surface area contributed by atoms with E-state index in [0.29, 0.717) is 17.1 Å². The Bertz CT molecular complexity index is 911. The van der Waals surface area contributed by atoms with Crippen molar-refractivity contribution >= 4 is 28.9 Å². The fourth-order valence-electron chi connectivity index (χ4n) is 2.47. The number of amides is 2. The summed E-state index contributed by atoms with van der Waals surface area (Å²) in [4.78, 5) is 34.5. The fourth-order valence-corrected chi connectivity index (χ4v) is 2.47. The molecule has 0 aromatic heterocycles. The first-order chi connectivity index (χ1) is 12.4. The van der Waals surface area contributed by atoms with E-state index >= 15 is 0 Å². The standard InChI is InChI=1S/C17H15N3O6/c1-9-16(21)19-13-7-10(3-5-15(13)26-9)18-17(22)12-8-11(20(23)24)4-6-14(12)25-2/h3-9H,1-2H3,(H,18,22)(H,19,21). The molecule has 0 fully saturated rings. The number of ether oxygens (including phenoxy) is 2. The molecule has 1 unspecified atom stereocenters. The Kier molecular flexibility index (Phi) is 4.44. The SMILES string of the molecule is COc1ccc([N+](=O)[O-])cc1C(=O)Nc1ccc2c(c1)NC(=O)C(C)O2. The van der Waals surface area contributed by atoms with Gasteiger partial charge in [-0.1, -0.05) is 0 Å². The highest BCUT2D eigenvalue weighted by Crippen LogP contribution is 2.33. The highest BCUT2D eigenvalue weighted by Gasteiger charge is 2.24. The van der Waals surface area contributed by atoms with Crippen LogP contribution < -0.4 is 20.1 Å². The zero-order chi connectivity index (χ0) is 18.8. The van der Waals surface area contributed by atoms with Gasteiger partial charge in [0, 0.05) is 17.8 Å². The highest BCUT2D eigenvalue weighted by molar-refractivity contribution is 6.07. The molecule has 26 heavy (non-hydrogen) atoms. The zero-order valence-electron chi connectivity index (χ0n) is 13.9. The minimum absolute atomic E-state index is 0.0216. The van der Waals surface area contributed by atoms with E-state index in [0.717, 1.165) is 6.07 Å². The van der Waals surface area contributed by atoms with Gasteiger partial charge in [-0.05, 0) is 31.2 Å². The molecule has 0 aliphatic carbocycles. The van der Waals surface area contributed by atoms with Crippen molar-refractivity contribution in [2.24, 2.45) is 0 Å². The van der Waals surface area contributed by atoms with Crippen molar-refractivity contribution in [1.82, 2.24) is 0 Å². The minimum Gasteiger partial charge on any atom is -0.496 e. The highest BCUT2D eigenvalue weighted by atomic mass is 16.6. The second kappa shape index (κ2) is 6.71. The summed E-state index contributed by atoms with van der Waals surface area (Å²) >= 11 is 0. The number of carbonyl (C=O) groups is 2. The third kappa shape index (κ3) is 3.27. The largest absolute Gasteiger partial charge is 0.496 e. The van der Waals surface area contributed by atoms with Crippen molar-refractivity contribution in [2.75, 3.05) is 17.7 Å². The molecule has 2 N–H and O–H groups in total. The summed E-state index contributed by atoms with van der Waals surface area (Å²) in [7, 11) is 1.37. The van der Waals surface area contributed by atoms with E-state index < -0.39 is 16.9 Å². The van der Waals surface area contributed by atoms with Crippen LogP contribution in [0.4, 0.5) is 17.1 Å². The van der Waals surface area contributed by atoms with Crippen LogP contribution in [0.1, 0.15) is 17.3 Å². The first-order valence-corrected chi connectivity index (χ1v) is 7.64. The lowest BCUT2D eigenvalue weighted by molar-refractivity contribution is -0.384. The van der Waals surface area contributed by atoms with Crippen molar-refractivity contribution in [3.05, 3.63) is 52.1 Å². The maximum Gasteiger partial charge on any atom is 0.270 e. The number of anilines is 2. The number of nitrogens with zero attached hydrogens (tertiary/aromatic N) is 1. The molecule has 3 rings (SSSR count). The maximum absolute atomic E-state index is 12.5. The van der Waals surface area contributed by atoms with E-state index in [1.807, 2.05) is 0 Å². The summed E-state index contributed by atoms with van der Waals surface area (Å²) in [6.45, 7) is 1.63. The van der Waals surface area contributed by atoms with Gasteiger partial charge in [0.1, 0.15) is 11.5 Å². The molecular weight excluding hydrogens is 342 g/mol. The van der Waals surface area contributed by atoms with Crippen LogP contribution in [0.25, 0.3) is 0 Å². The fraction of sp³-hybridized carbons (Fsp3) is 0.176. The molecule has 2 aromatic rings. The van der Waals surface area contributed by atoms with Crippen LogP contribution in [0.15, 0.2) is 36.4 Å². The maximum atomic E-state index is 12.5. The van der Waals surface area contributed by atoms with Crippen molar-refractivity contribution in [3.8, 4) is 11.5 Å². The van der Waals surface area contributed by atoms with Gasteiger partial charge in [0.25, 0.3) is 17.5 Å². The van der Waals surface area contributed by atoms with E-state index in [9.17, 15) is 19.7 Å². The number of carbonyl (C=O) groups excluding carboxylic acids is 2. The molecular formula is C17H15N3O6. The van der Waals surface area contributed by atoms with Crippen LogP contribution in [0.3, 0.4) is 0 Å². The Balaban J connectivity index is 1.87. The quantitative estimate of drug-likeness (QED) is 0.641. The lowest BCUT2D eigenvalue weighted by Gasteiger charge is -2.23. The summed E-state index contributed by atoms with van der Waals surface area (Å²) in [5.41, 5.74) is 0.613. The Morgan fingerprint density at radius 1 is 1.31 bits per heavy atom. The van der Waals surface area contributed by atoms with Gasteiger partial charge in [0.15, 0.2) is 6.10 Å². The van der Waals surface area contributed by atoms with Crippen LogP contribution in [0.5, 0.6) is 11.5 Å². The predicted octanol–water partition coefficient (Wildman–Crippen LogP) is 2.58. The predicted molar refractivity (Wildman–Crippen MR) is 92.8 cm³/mol. The van der Waals surface area contributed by atoms with Crippen LogP contribution >= 0.6 is 0 Å². The van der Waals surface area contributed by atoms with E-state index in [-0.39, 0.29) is 22.9 Å². The third-order valence-electron chi connectivity index (χ3n) is 3.81. The van der Waals surface area contributed by atoms with Crippen LogP contribution in [0.2, 0.25) is 0 Å². The number of nitro groups is 1. The summed E-state index contributed by atoms with van der Waals surface area (Å²) < 4.78 is 10.5. The summed E-state index contributed by atoms with van der Waals surface area (Å²) in [5, 5.41) is 16.2. The summed E-state index contributed by atoms with van der Waals surface area (Å²) in [6.07, 6.45) is -0.600. The van der Waals surface area contributed by atoms with E-state index in [1.165, 1.54) is 19.2 Å². The Hall–Kier alpha value is -3.62. The van der Waals surface area contributed by atoms with Crippen molar-refractivity contribution in [2.45, 2.75) is 13.0 Å². The Morgan fingerprint density at radius 3 is 2.77 bits per heavy atom. The number of non-ortho nitro benzene ring substituents is 1. The normalized spacial score (nSPS) is 15.3. The lowest BCUT2D eigenvalue weighted by atomic mass is 10.1. The Morgan fingerprint density at radius 2 is 2.08 bits per heavy atom. The average Bonchev–Trinajstić information content (AvgIpc) is 2.62. The van der Waals surface area contributed by atoms with Crippen molar-refractivity contribution in [1.29, 1.82) is 0 Å². The molecule has 9 nitrogen and oxygen atoms in total. The minimum atomic E-state index is -0.600. The molecule has 2 amide bonds.